The molecular weight excluding hydrogens is 720 g/mol. The predicted octanol–water partition coefficient (Wildman–Crippen LogP) is 6.43. The van der Waals surface area contributed by atoms with Gasteiger partial charge in [0.15, 0.2) is 5.75 Å². The van der Waals surface area contributed by atoms with Crippen molar-refractivity contribution in [3.8, 4) is 17.2 Å². The van der Waals surface area contributed by atoms with Gasteiger partial charge < -0.3 is 49.6 Å². The van der Waals surface area contributed by atoms with E-state index in [1.807, 2.05) is 0 Å². The van der Waals surface area contributed by atoms with Crippen LogP contribution in [0.2, 0.25) is 0 Å². The monoisotopic (exact) mass is 778 g/mol. The molecule has 0 saturated carbocycles. The Labute approximate surface area is 328 Å². The molecule has 0 radical (unpaired) electrons. The van der Waals surface area contributed by atoms with Crippen molar-refractivity contribution >= 4 is 39.8 Å². The zero-order valence-corrected chi connectivity index (χ0v) is 34.1. The lowest BCUT2D eigenvalue weighted by Crippen LogP contribution is -2.46. The van der Waals surface area contributed by atoms with Crippen molar-refractivity contribution in [1.29, 1.82) is 0 Å². The largest absolute Gasteiger partial charge is 0.507 e. The fourth-order valence-corrected chi connectivity index (χ4v) is 8.33. The molecule has 5 N–H and O–H groups in total. The lowest BCUT2D eigenvalue weighted by Gasteiger charge is -2.38. The molecule has 10 atom stereocenters. The summed E-state index contributed by atoms with van der Waals surface area (Å²) in [4.78, 5) is 42.6. The van der Waals surface area contributed by atoms with Gasteiger partial charge in [-0.3, -0.25) is 14.4 Å². The minimum absolute atomic E-state index is 0.00225. The summed E-state index contributed by atoms with van der Waals surface area (Å²) in [6, 6.07) is 1.67. The lowest BCUT2D eigenvalue weighted by atomic mass is 9.78. The normalized spacial score (nSPS) is 34.0. The van der Waals surface area contributed by atoms with Crippen molar-refractivity contribution in [2.45, 2.75) is 118 Å². The van der Waals surface area contributed by atoms with E-state index in [-0.39, 0.29) is 50.7 Å². The van der Waals surface area contributed by atoms with Crippen LogP contribution in [0.3, 0.4) is 0 Å². The second kappa shape index (κ2) is 16.9. The fraction of sp³-hybridized carbons (Fsp3) is 0.558. The third-order valence-corrected chi connectivity index (χ3v) is 11.9. The number of carbonyl (C=O) groups is 3. The number of fused-ring (bicyclic) bond motifs is 14. The molecular formula is C43H58N2O11. The molecule has 1 saturated heterocycles. The molecule has 306 valence electrons. The van der Waals surface area contributed by atoms with E-state index in [1.165, 1.54) is 27.2 Å². The van der Waals surface area contributed by atoms with Crippen LogP contribution in [0, 0.1) is 30.6 Å². The van der Waals surface area contributed by atoms with E-state index in [0.29, 0.717) is 12.2 Å². The number of ether oxygens (including phenoxy) is 4. The number of hydrogen-bond acceptors (Lipinski definition) is 12. The Bertz CT molecular complexity index is 1940. The Morgan fingerprint density at radius 2 is 1.66 bits per heavy atom. The van der Waals surface area contributed by atoms with Crippen molar-refractivity contribution in [2.75, 3.05) is 23.9 Å². The maximum absolute atomic E-state index is 14.6. The van der Waals surface area contributed by atoms with Gasteiger partial charge in [0.1, 0.15) is 17.6 Å². The first-order valence-electron chi connectivity index (χ1n) is 19.5. The van der Waals surface area contributed by atoms with Gasteiger partial charge >= 0.3 is 11.8 Å². The van der Waals surface area contributed by atoms with E-state index < -0.39 is 77.3 Å². The molecule has 13 nitrogen and oxygen atoms in total. The van der Waals surface area contributed by atoms with Crippen LogP contribution in [0.15, 0.2) is 42.2 Å². The van der Waals surface area contributed by atoms with Gasteiger partial charge in [-0.2, -0.15) is 0 Å². The zero-order chi connectivity index (χ0) is 41.4. The SMILES string of the molecule is CO[C@H]1/C=C/O[C@@]2(C)Oc3c(C)c(O)c4c(O)c(cc(N5CCCCC5C)c4c3C2=O)NC(=O)/C(C)=C/C=C/[C@H](C)[C@H](O)[C@@H](C)[C@@H](O)[C@@H](C)[C@H](OC(C)=O)[C@@H]1C. The third kappa shape index (κ3) is 7.99. The zero-order valence-electron chi connectivity index (χ0n) is 34.1. The molecule has 4 heterocycles. The number of Topliss-reactive ketones (excluding diaryl/α,β-unsaturated/α-hetero) is 1. The number of hydrogen-bond donors (Lipinski definition) is 5. The highest BCUT2D eigenvalue weighted by atomic mass is 16.7. The van der Waals surface area contributed by atoms with Gasteiger partial charge in [-0.05, 0) is 52.2 Å². The van der Waals surface area contributed by atoms with Gasteiger partial charge in [0.25, 0.3) is 11.7 Å². The number of methoxy groups -OCH3 is 1. The van der Waals surface area contributed by atoms with E-state index in [1.54, 1.807) is 71.9 Å². The number of piperidine rings is 1. The van der Waals surface area contributed by atoms with Gasteiger partial charge in [0.05, 0.1) is 41.2 Å². The van der Waals surface area contributed by atoms with E-state index in [9.17, 15) is 34.8 Å². The van der Waals surface area contributed by atoms with E-state index in [2.05, 4.69) is 17.1 Å². The van der Waals surface area contributed by atoms with Crippen molar-refractivity contribution < 1.29 is 53.8 Å². The average Bonchev–Trinajstić information content (AvgIpc) is 3.42. The van der Waals surface area contributed by atoms with Gasteiger partial charge in [0, 0.05) is 79.4 Å². The van der Waals surface area contributed by atoms with Crippen LogP contribution in [0.25, 0.3) is 10.8 Å². The molecule has 1 unspecified atom stereocenters. The number of allylic oxidation sites excluding steroid dienone is 2. The Morgan fingerprint density at radius 3 is 2.30 bits per heavy atom. The second-order valence-electron chi connectivity index (χ2n) is 16.0. The van der Waals surface area contributed by atoms with Crippen LogP contribution in [0.5, 0.6) is 17.2 Å². The summed E-state index contributed by atoms with van der Waals surface area (Å²) in [6.45, 7) is 15.7. The molecule has 4 aliphatic rings. The number of aliphatic hydroxyl groups is 2. The topological polar surface area (TPSA) is 184 Å². The smallest absolute Gasteiger partial charge is 0.312 e. The quantitative estimate of drug-likeness (QED) is 0.170. The van der Waals surface area contributed by atoms with Crippen LogP contribution in [-0.4, -0.2) is 88.0 Å². The number of ketones is 1. The third-order valence-electron chi connectivity index (χ3n) is 11.9. The molecule has 0 aliphatic carbocycles. The lowest BCUT2D eigenvalue weighted by molar-refractivity contribution is -0.160. The number of aliphatic hydroxyl groups excluding tert-OH is 2. The molecule has 13 heteroatoms. The first-order valence-corrected chi connectivity index (χ1v) is 19.5. The van der Waals surface area contributed by atoms with Crippen molar-refractivity contribution in [2.24, 2.45) is 23.7 Å². The van der Waals surface area contributed by atoms with Crippen LogP contribution in [-0.2, 0) is 23.8 Å². The minimum Gasteiger partial charge on any atom is -0.507 e. The standard InChI is InChI=1S/C43H58N2O11/c1-21-14-13-15-22(2)42(52)44-29-20-30(45-18-12-11-16-23(45)3)32-33(38(29)50)37(49)27(7)40-34(32)41(51)43(9,56-40)54-19-17-31(53-10)24(4)39(55-28(8)46)26(6)36(48)25(5)35(21)47/h13-15,17,19-21,23-26,31,35-36,39,47-50H,11-12,16,18H2,1-10H3,(H,44,52)/b14-13+,19-17+,22-15+/t21-,23?,24+,25+,26+,31-,35-,36+,39+,43-/m0/s1. The summed E-state index contributed by atoms with van der Waals surface area (Å²) in [7, 11) is 1.47. The Kier molecular flexibility index (Phi) is 12.8. The summed E-state index contributed by atoms with van der Waals surface area (Å²) in [5.74, 6) is -6.44. The van der Waals surface area contributed by atoms with Crippen LogP contribution in [0.1, 0.15) is 90.6 Å². The number of phenolic OH excluding ortho intramolecular Hbond substituents is 2. The maximum Gasteiger partial charge on any atom is 0.312 e. The number of benzene rings is 2. The first-order chi connectivity index (χ1) is 26.3. The fourth-order valence-electron chi connectivity index (χ4n) is 8.33. The molecule has 2 aromatic carbocycles. The van der Waals surface area contributed by atoms with Gasteiger partial charge in [0.2, 0.25) is 0 Å². The predicted molar refractivity (Wildman–Crippen MR) is 213 cm³/mol. The Balaban J connectivity index is 1.70. The summed E-state index contributed by atoms with van der Waals surface area (Å²) < 4.78 is 23.9. The number of phenols is 2. The number of rotatable bonds is 3. The number of nitrogens with zero attached hydrogens (tertiary/aromatic N) is 1. The highest BCUT2D eigenvalue weighted by Gasteiger charge is 2.50. The first kappa shape index (κ1) is 42.6. The Hall–Kier alpha value is -4.59. The van der Waals surface area contributed by atoms with E-state index in [4.69, 9.17) is 18.9 Å². The number of anilines is 2. The molecule has 0 spiro atoms. The number of carbonyl (C=O) groups excluding carboxylic acids is 3. The number of esters is 1. The van der Waals surface area contributed by atoms with Crippen LogP contribution >= 0.6 is 0 Å². The summed E-state index contributed by atoms with van der Waals surface area (Å²) in [5.41, 5.74) is 1.21. The molecule has 1 amide bonds. The van der Waals surface area contributed by atoms with Gasteiger partial charge in [-0.25, -0.2) is 0 Å². The van der Waals surface area contributed by atoms with Crippen molar-refractivity contribution in [3.63, 3.8) is 0 Å². The minimum atomic E-state index is -1.90. The van der Waals surface area contributed by atoms with Crippen molar-refractivity contribution in [1.82, 2.24) is 0 Å². The van der Waals surface area contributed by atoms with Gasteiger partial charge in [-0.15, -0.1) is 0 Å². The molecule has 1 fully saturated rings. The molecule has 5 bridgehead atoms. The number of aromatic hydroxyl groups is 2. The summed E-state index contributed by atoms with van der Waals surface area (Å²) in [6.07, 6.45) is 6.85. The average molecular weight is 779 g/mol. The Morgan fingerprint density at radius 1 is 0.964 bits per heavy atom. The molecule has 0 aromatic heterocycles. The molecule has 6 rings (SSSR count). The van der Waals surface area contributed by atoms with Gasteiger partial charge in [-0.1, -0.05) is 45.9 Å². The summed E-state index contributed by atoms with van der Waals surface area (Å²) in [5, 5.41) is 49.4. The highest BCUT2D eigenvalue weighted by molar-refractivity contribution is 6.23. The molecule has 4 aliphatic heterocycles. The van der Waals surface area contributed by atoms with E-state index >= 15 is 0 Å². The van der Waals surface area contributed by atoms with Crippen molar-refractivity contribution in [3.05, 3.63) is 53.3 Å². The number of amides is 1. The molecule has 56 heavy (non-hydrogen) atoms. The highest BCUT2D eigenvalue weighted by Crippen LogP contribution is 2.54. The van der Waals surface area contributed by atoms with E-state index in [0.717, 1.165) is 19.3 Å². The van der Waals surface area contributed by atoms with Crippen LogP contribution < -0.4 is 15.0 Å². The maximum atomic E-state index is 14.6. The molecule has 2 aromatic rings. The second-order valence-corrected chi connectivity index (χ2v) is 16.0. The number of nitrogens with one attached hydrogen (secondary N) is 1. The summed E-state index contributed by atoms with van der Waals surface area (Å²) >= 11 is 0. The van der Waals surface area contributed by atoms with Crippen LogP contribution in [0.4, 0.5) is 11.4 Å².